The van der Waals surface area contributed by atoms with Gasteiger partial charge in [0.15, 0.2) is 0 Å². The molecule has 1 fully saturated rings. The Morgan fingerprint density at radius 1 is 0.878 bits per heavy atom. The molecular formula is C34H30ClN3O2S. The normalized spacial score (nSPS) is 16.2. The summed E-state index contributed by atoms with van der Waals surface area (Å²) >= 11 is 7.51. The number of para-hydroxylation sites is 1. The second kappa shape index (κ2) is 11.9. The van der Waals surface area contributed by atoms with Crippen molar-refractivity contribution in [2.24, 2.45) is 0 Å². The number of benzene rings is 4. The molecule has 41 heavy (non-hydrogen) atoms. The third-order valence-electron chi connectivity index (χ3n) is 7.47. The number of anilines is 2. The van der Waals surface area contributed by atoms with Crippen LogP contribution < -0.4 is 9.80 Å². The van der Waals surface area contributed by atoms with Gasteiger partial charge in [-0.2, -0.15) is 0 Å². The lowest BCUT2D eigenvalue weighted by atomic mass is 10.1. The third kappa shape index (κ3) is 6.04. The van der Waals surface area contributed by atoms with Crippen LogP contribution in [0.4, 0.5) is 11.4 Å². The lowest BCUT2D eigenvalue weighted by molar-refractivity contribution is -0.114. The number of thioether (sulfide) groups is 1. The highest BCUT2D eigenvalue weighted by Crippen LogP contribution is 2.42. The first-order valence-electron chi connectivity index (χ1n) is 13.7. The zero-order chi connectivity index (χ0) is 28.3. The minimum Gasteiger partial charge on any atom is -0.368 e. The molecule has 0 radical (unpaired) electrons. The predicted molar refractivity (Wildman–Crippen MR) is 169 cm³/mol. The monoisotopic (exact) mass is 579 g/mol. The van der Waals surface area contributed by atoms with Crippen molar-refractivity contribution in [3.05, 3.63) is 129 Å². The van der Waals surface area contributed by atoms with Gasteiger partial charge in [0, 0.05) is 47.3 Å². The Morgan fingerprint density at radius 3 is 2.34 bits per heavy atom. The Hall–Kier alpha value is -4.00. The number of aryl methyl sites for hydroxylation is 1. The average Bonchev–Trinajstić information content (AvgIpc) is 3.00. The molecule has 0 bridgehead atoms. The Morgan fingerprint density at radius 2 is 1.61 bits per heavy atom. The number of rotatable bonds is 5. The summed E-state index contributed by atoms with van der Waals surface area (Å²) in [6, 6.07) is 31.7. The first-order valence-corrected chi connectivity index (χ1v) is 14.9. The molecule has 6 rings (SSSR count). The highest BCUT2D eigenvalue weighted by Gasteiger charge is 2.29. The number of fused-ring (bicyclic) bond motifs is 1. The molecule has 0 atom stereocenters. The summed E-state index contributed by atoms with van der Waals surface area (Å²) in [4.78, 5) is 34.6. The number of hydrogen-bond acceptors (Lipinski definition) is 4. The van der Waals surface area contributed by atoms with E-state index in [9.17, 15) is 9.59 Å². The standard InChI is InChI=1S/C34H30ClN3O2S/c1-24-5-4-6-26(21-24)23-38-30-7-2-3-8-31(30)41-32(34(38)40)22-25-9-11-27(12-10-25)33(39)37-19-17-36(18-20-37)29-15-13-28(35)14-16-29/h2-16,21-22H,17-20,23H2,1H3. The minimum atomic E-state index is -0.0195. The van der Waals surface area contributed by atoms with Crippen molar-refractivity contribution in [2.75, 3.05) is 36.0 Å². The summed E-state index contributed by atoms with van der Waals surface area (Å²) in [5.74, 6) is 0.00949. The van der Waals surface area contributed by atoms with E-state index in [1.807, 2.05) is 88.7 Å². The molecule has 4 aromatic carbocycles. The van der Waals surface area contributed by atoms with E-state index in [4.69, 9.17) is 11.6 Å². The lowest BCUT2D eigenvalue weighted by Crippen LogP contribution is -2.48. The lowest BCUT2D eigenvalue weighted by Gasteiger charge is -2.36. The number of amides is 2. The number of piperazine rings is 1. The molecule has 7 heteroatoms. The van der Waals surface area contributed by atoms with Crippen molar-refractivity contribution >= 4 is 52.6 Å². The zero-order valence-corrected chi connectivity index (χ0v) is 24.4. The van der Waals surface area contributed by atoms with Gasteiger partial charge in [0.2, 0.25) is 0 Å². The van der Waals surface area contributed by atoms with Crippen molar-refractivity contribution in [3.8, 4) is 0 Å². The average molecular weight is 580 g/mol. The molecule has 1 saturated heterocycles. The maximum Gasteiger partial charge on any atom is 0.265 e. The van der Waals surface area contributed by atoms with Gasteiger partial charge in [0.05, 0.1) is 17.1 Å². The van der Waals surface area contributed by atoms with Crippen molar-refractivity contribution in [3.63, 3.8) is 0 Å². The SMILES string of the molecule is Cc1cccc(CN2C(=O)C(=Cc3ccc(C(=O)N4CCN(c5ccc(Cl)cc5)CC4)cc3)Sc3ccccc32)c1. The summed E-state index contributed by atoms with van der Waals surface area (Å²) in [5.41, 5.74) is 5.85. The fourth-order valence-corrected chi connectivity index (χ4v) is 6.47. The predicted octanol–water partition coefficient (Wildman–Crippen LogP) is 7.29. The smallest absolute Gasteiger partial charge is 0.265 e. The number of carbonyl (C=O) groups excluding carboxylic acids is 2. The number of carbonyl (C=O) groups is 2. The summed E-state index contributed by atoms with van der Waals surface area (Å²) in [6.07, 6.45) is 1.92. The van der Waals surface area contributed by atoms with E-state index in [1.165, 1.54) is 17.3 Å². The molecule has 5 nitrogen and oxygen atoms in total. The van der Waals surface area contributed by atoms with Crippen LogP contribution in [0, 0.1) is 6.92 Å². The van der Waals surface area contributed by atoms with Gasteiger partial charge < -0.3 is 14.7 Å². The maximum absolute atomic E-state index is 13.7. The van der Waals surface area contributed by atoms with Crippen LogP contribution in [0.25, 0.3) is 6.08 Å². The fraction of sp³-hybridized carbons (Fsp3) is 0.176. The second-order valence-corrected chi connectivity index (χ2v) is 11.9. The molecule has 0 spiro atoms. The van der Waals surface area contributed by atoms with Crippen LogP contribution >= 0.6 is 23.4 Å². The Labute approximate surface area is 250 Å². The molecule has 206 valence electrons. The molecule has 0 aromatic heterocycles. The van der Waals surface area contributed by atoms with Crippen LogP contribution in [0.3, 0.4) is 0 Å². The van der Waals surface area contributed by atoms with Gasteiger partial charge in [-0.3, -0.25) is 9.59 Å². The van der Waals surface area contributed by atoms with Gasteiger partial charge in [-0.15, -0.1) is 0 Å². The van der Waals surface area contributed by atoms with Crippen LogP contribution in [-0.4, -0.2) is 42.9 Å². The molecule has 0 saturated carbocycles. The van der Waals surface area contributed by atoms with Crippen molar-refractivity contribution < 1.29 is 9.59 Å². The molecule has 0 aliphatic carbocycles. The largest absolute Gasteiger partial charge is 0.368 e. The Kier molecular flexibility index (Phi) is 7.86. The van der Waals surface area contributed by atoms with Gasteiger partial charge >= 0.3 is 0 Å². The van der Waals surface area contributed by atoms with Crippen LogP contribution in [0.5, 0.6) is 0 Å². The zero-order valence-electron chi connectivity index (χ0n) is 22.8. The van der Waals surface area contributed by atoms with E-state index in [1.54, 1.807) is 0 Å². The van der Waals surface area contributed by atoms with Crippen LogP contribution in [0.1, 0.15) is 27.0 Å². The van der Waals surface area contributed by atoms with Gasteiger partial charge in [-0.1, -0.05) is 77.5 Å². The number of nitrogens with zero attached hydrogens (tertiary/aromatic N) is 3. The van der Waals surface area contributed by atoms with Crippen LogP contribution in [0.15, 0.2) is 107 Å². The molecule has 2 aliphatic rings. The topological polar surface area (TPSA) is 43.9 Å². The first kappa shape index (κ1) is 27.2. The quantitative estimate of drug-likeness (QED) is 0.233. The molecule has 2 amide bonds. The van der Waals surface area contributed by atoms with E-state index >= 15 is 0 Å². The van der Waals surface area contributed by atoms with E-state index < -0.39 is 0 Å². The van der Waals surface area contributed by atoms with Gasteiger partial charge in [0.1, 0.15) is 0 Å². The maximum atomic E-state index is 13.7. The fourth-order valence-electron chi connectivity index (χ4n) is 5.29. The molecule has 2 aliphatic heterocycles. The first-order chi connectivity index (χ1) is 19.9. The molecule has 0 N–H and O–H groups in total. The van der Waals surface area contributed by atoms with Gasteiger partial charge in [-0.25, -0.2) is 0 Å². The number of halogens is 1. The van der Waals surface area contributed by atoms with Crippen LogP contribution in [-0.2, 0) is 11.3 Å². The minimum absolute atomic E-state index is 0.0195. The van der Waals surface area contributed by atoms with E-state index in [0.29, 0.717) is 30.1 Å². The summed E-state index contributed by atoms with van der Waals surface area (Å²) in [5, 5.41) is 0.720. The van der Waals surface area contributed by atoms with E-state index in [0.717, 1.165) is 45.5 Å². The molecule has 0 unspecified atom stereocenters. The third-order valence-corrected chi connectivity index (χ3v) is 8.80. The molecule has 4 aromatic rings. The Balaban J connectivity index is 1.15. The second-order valence-electron chi connectivity index (χ2n) is 10.3. The molecular weight excluding hydrogens is 550 g/mol. The Bertz CT molecular complexity index is 1610. The van der Waals surface area contributed by atoms with Crippen molar-refractivity contribution in [2.45, 2.75) is 18.4 Å². The van der Waals surface area contributed by atoms with Crippen molar-refractivity contribution in [1.29, 1.82) is 0 Å². The van der Waals surface area contributed by atoms with E-state index in [-0.39, 0.29) is 11.8 Å². The summed E-state index contributed by atoms with van der Waals surface area (Å²) in [7, 11) is 0. The highest BCUT2D eigenvalue weighted by atomic mass is 35.5. The molecule has 2 heterocycles. The van der Waals surface area contributed by atoms with Crippen molar-refractivity contribution in [1.82, 2.24) is 4.90 Å². The van der Waals surface area contributed by atoms with Gasteiger partial charge in [0.25, 0.3) is 11.8 Å². The van der Waals surface area contributed by atoms with E-state index in [2.05, 4.69) is 36.1 Å². The highest BCUT2D eigenvalue weighted by molar-refractivity contribution is 8.04. The number of hydrogen-bond donors (Lipinski definition) is 0. The summed E-state index contributed by atoms with van der Waals surface area (Å²) in [6.45, 7) is 5.44. The van der Waals surface area contributed by atoms with Gasteiger partial charge in [-0.05, 0) is 72.7 Å². The summed E-state index contributed by atoms with van der Waals surface area (Å²) < 4.78 is 0. The van der Waals surface area contributed by atoms with Crippen LogP contribution in [0.2, 0.25) is 5.02 Å².